The van der Waals surface area contributed by atoms with Crippen LogP contribution in [0.2, 0.25) is 0 Å². The number of aryl methyl sites for hydroxylation is 2. The van der Waals surface area contributed by atoms with Crippen LogP contribution in [0.3, 0.4) is 0 Å². The second kappa shape index (κ2) is 12.4. The zero-order chi connectivity index (χ0) is 26.2. The highest BCUT2D eigenvalue weighted by atomic mass is 31.1. The van der Waals surface area contributed by atoms with E-state index in [-0.39, 0.29) is 0 Å². The van der Waals surface area contributed by atoms with E-state index in [0.717, 1.165) is 42.0 Å². The summed E-state index contributed by atoms with van der Waals surface area (Å²) < 4.78 is 5.10. The summed E-state index contributed by atoms with van der Waals surface area (Å²) in [6, 6.07) is 28.3. The van der Waals surface area contributed by atoms with E-state index in [0.29, 0.717) is 11.1 Å². The van der Waals surface area contributed by atoms with Gasteiger partial charge in [-0.15, -0.1) is 0 Å². The third kappa shape index (κ3) is 6.77. The molecule has 184 valence electrons. The quantitative estimate of drug-likeness (QED) is 0.176. The molecule has 0 unspecified atom stereocenters. The molecule has 4 aromatic rings. The number of ether oxygens (including phenoxy) is 1. The number of hydrogen-bond acceptors (Lipinski definition) is 3. The van der Waals surface area contributed by atoms with Crippen LogP contribution in [0.5, 0.6) is 0 Å². The number of rotatable bonds is 4. The van der Waals surface area contributed by atoms with Crippen molar-refractivity contribution in [2.75, 3.05) is 0 Å². The zero-order valence-electron chi connectivity index (χ0n) is 21.8. The van der Waals surface area contributed by atoms with Crippen LogP contribution in [0, 0.1) is 41.5 Å². The molecule has 4 heteroatoms. The van der Waals surface area contributed by atoms with Crippen molar-refractivity contribution in [3.63, 3.8) is 0 Å². The van der Waals surface area contributed by atoms with E-state index in [1.165, 1.54) is 10.6 Å². The predicted molar refractivity (Wildman–Crippen MR) is 152 cm³/mol. The van der Waals surface area contributed by atoms with Crippen LogP contribution in [0.4, 0.5) is 0 Å². The molecule has 0 saturated carbocycles. The predicted octanol–water partition coefficient (Wildman–Crippen LogP) is 6.85. The minimum absolute atomic E-state index is 0.433. The molecular formula is C32H33O3P. The van der Waals surface area contributed by atoms with Gasteiger partial charge >= 0.3 is 11.9 Å². The molecular weight excluding hydrogens is 463 g/mol. The molecule has 0 aliphatic carbocycles. The first kappa shape index (κ1) is 27.0. The van der Waals surface area contributed by atoms with E-state index < -0.39 is 11.9 Å². The Morgan fingerprint density at radius 2 is 0.861 bits per heavy atom. The molecule has 0 heterocycles. The summed E-state index contributed by atoms with van der Waals surface area (Å²) in [5.41, 5.74) is 6.85. The second-order valence-corrected chi connectivity index (χ2v) is 10.3. The van der Waals surface area contributed by atoms with Gasteiger partial charge in [0.05, 0.1) is 11.1 Å². The van der Waals surface area contributed by atoms with Gasteiger partial charge in [-0.2, -0.15) is 0 Å². The summed E-state index contributed by atoms with van der Waals surface area (Å²) in [6.07, 6.45) is 0. The van der Waals surface area contributed by atoms with Crippen LogP contribution >= 0.6 is 8.58 Å². The lowest BCUT2D eigenvalue weighted by molar-refractivity contribution is 0.0396. The molecule has 36 heavy (non-hydrogen) atoms. The maximum absolute atomic E-state index is 12.3. The van der Waals surface area contributed by atoms with Gasteiger partial charge in [-0.25, -0.2) is 9.59 Å². The Bertz CT molecular complexity index is 1250. The molecule has 0 aromatic heterocycles. The van der Waals surface area contributed by atoms with E-state index in [1.807, 2.05) is 53.7 Å². The first-order valence-corrected chi connectivity index (χ1v) is 13.0. The van der Waals surface area contributed by atoms with Crippen molar-refractivity contribution in [1.29, 1.82) is 0 Å². The Morgan fingerprint density at radius 1 is 0.500 bits per heavy atom. The largest absolute Gasteiger partial charge is 0.386 e. The van der Waals surface area contributed by atoms with Crippen LogP contribution in [-0.4, -0.2) is 11.9 Å². The van der Waals surface area contributed by atoms with Gasteiger partial charge in [-0.05, 0) is 97.7 Å². The van der Waals surface area contributed by atoms with Crippen LogP contribution < -0.4 is 10.6 Å². The first-order valence-electron chi connectivity index (χ1n) is 12.0. The standard InChI is InChI=1S/C20H22O3.C12H11P/c1-11-7-9-17(15(5)13(11)3)19(21)23-20(22)18-10-8-12(2)14(4)16(18)6;1-3-7-11(8-4-1)13-12-9-5-2-6-10-12/h7-10H,1-6H3;1-10,13H. The maximum atomic E-state index is 12.3. The summed E-state index contributed by atoms with van der Waals surface area (Å²) >= 11 is 0. The lowest BCUT2D eigenvalue weighted by atomic mass is 9.98. The second-order valence-electron chi connectivity index (χ2n) is 8.89. The molecule has 4 rings (SSSR count). The van der Waals surface area contributed by atoms with Gasteiger partial charge in [0.2, 0.25) is 0 Å². The summed E-state index contributed by atoms with van der Waals surface area (Å²) in [6.45, 7) is 11.6. The van der Waals surface area contributed by atoms with Crippen molar-refractivity contribution >= 4 is 31.1 Å². The number of esters is 2. The molecule has 0 bridgehead atoms. The molecule has 0 aliphatic heterocycles. The minimum atomic E-state index is -0.603. The Kier molecular flexibility index (Phi) is 9.33. The van der Waals surface area contributed by atoms with Crippen LogP contribution in [-0.2, 0) is 4.74 Å². The zero-order valence-corrected chi connectivity index (χ0v) is 22.8. The Hall–Kier alpha value is -3.55. The fourth-order valence-electron chi connectivity index (χ4n) is 3.76. The summed E-state index contributed by atoms with van der Waals surface area (Å²) in [7, 11) is 0.777. The average molecular weight is 497 g/mol. The van der Waals surface area contributed by atoms with Gasteiger partial charge in [-0.3, -0.25) is 0 Å². The molecule has 0 radical (unpaired) electrons. The van der Waals surface area contributed by atoms with Crippen LogP contribution in [0.25, 0.3) is 0 Å². The molecule has 0 N–H and O–H groups in total. The number of carbonyl (C=O) groups excluding carboxylic acids is 2. The molecule has 0 atom stereocenters. The normalized spacial score (nSPS) is 10.3. The molecule has 0 saturated heterocycles. The molecule has 0 spiro atoms. The number of hydrogen-bond donors (Lipinski definition) is 0. The van der Waals surface area contributed by atoms with Gasteiger partial charge in [0.1, 0.15) is 0 Å². The average Bonchev–Trinajstić information content (AvgIpc) is 2.87. The highest BCUT2D eigenvalue weighted by molar-refractivity contribution is 7.55. The van der Waals surface area contributed by atoms with Gasteiger partial charge in [0.25, 0.3) is 0 Å². The van der Waals surface area contributed by atoms with E-state index in [4.69, 9.17) is 4.74 Å². The van der Waals surface area contributed by atoms with E-state index in [9.17, 15) is 9.59 Å². The molecule has 0 fully saturated rings. The van der Waals surface area contributed by atoms with Crippen LogP contribution in [0.15, 0.2) is 84.9 Å². The number of carbonyl (C=O) groups is 2. The van der Waals surface area contributed by atoms with Gasteiger partial charge in [0, 0.05) is 0 Å². The van der Waals surface area contributed by atoms with Crippen molar-refractivity contribution in [1.82, 2.24) is 0 Å². The van der Waals surface area contributed by atoms with Crippen molar-refractivity contribution in [3.05, 3.63) is 129 Å². The van der Waals surface area contributed by atoms with Crippen molar-refractivity contribution in [2.45, 2.75) is 41.5 Å². The third-order valence-electron chi connectivity index (χ3n) is 6.58. The Morgan fingerprint density at radius 3 is 1.22 bits per heavy atom. The summed E-state index contributed by atoms with van der Waals surface area (Å²) in [4.78, 5) is 24.7. The van der Waals surface area contributed by atoms with Crippen molar-refractivity contribution < 1.29 is 14.3 Å². The lowest BCUT2D eigenvalue weighted by Gasteiger charge is -2.12. The van der Waals surface area contributed by atoms with Crippen molar-refractivity contribution in [3.8, 4) is 0 Å². The highest BCUT2D eigenvalue weighted by Gasteiger charge is 2.20. The fraction of sp³-hybridized carbons (Fsp3) is 0.188. The topological polar surface area (TPSA) is 43.4 Å². The SMILES string of the molecule is Cc1ccc(C(=O)OC(=O)c2ccc(C)c(C)c2C)c(C)c1C.c1ccc(Pc2ccccc2)cc1. The lowest BCUT2D eigenvalue weighted by Crippen LogP contribution is -2.16. The molecule has 0 aliphatic rings. The smallest absolute Gasteiger partial charge is 0.346 e. The van der Waals surface area contributed by atoms with Crippen molar-refractivity contribution in [2.24, 2.45) is 0 Å². The first-order chi connectivity index (χ1) is 17.2. The summed E-state index contributed by atoms with van der Waals surface area (Å²) in [5, 5.41) is 2.79. The van der Waals surface area contributed by atoms with E-state index in [1.54, 1.807) is 12.1 Å². The Balaban J connectivity index is 0.000000233. The highest BCUT2D eigenvalue weighted by Crippen LogP contribution is 2.21. The minimum Gasteiger partial charge on any atom is -0.386 e. The molecule has 0 amide bonds. The monoisotopic (exact) mass is 496 g/mol. The summed E-state index contributed by atoms with van der Waals surface area (Å²) in [5.74, 6) is -1.21. The molecule has 3 nitrogen and oxygen atoms in total. The van der Waals surface area contributed by atoms with Gasteiger partial charge in [-0.1, -0.05) is 81.4 Å². The number of benzene rings is 4. The molecule has 4 aromatic carbocycles. The maximum Gasteiger partial charge on any atom is 0.346 e. The fourth-order valence-corrected chi connectivity index (χ4v) is 4.81. The van der Waals surface area contributed by atoms with Gasteiger partial charge < -0.3 is 4.74 Å². The van der Waals surface area contributed by atoms with Crippen LogP contribution in [0.1, 0.15) is 54.1 Å². The third-order valence-corrected chi connectivity index (χ3v) is 7.82. The van der Waals surface area contributed by atoms with E-state index >= 15 is 0 Å². The van der Waals surface area contributed by atoms with E-state index in [2.05, 4.69) is 60.7 Å². The Labute approximate surface area is 216 Å². The van der Waals surface area contributed by atoms with Gasteiger partial charge in [0.15, 0.2) is 0 Å².